The van der Waals surface area contributed by atoms with E-state index < -0.39 is 26.7 Å². The van der Waals surface area contributed by atoms with Crippen LogP contribution in [0.5, 0.6) is 11.5 Å². The highest BCUT2D eigenvalue weighted by Crippen LogP contribution is 2.38. The number of rotatable bonds is 5. The molecule has 0 fully saturated rings. The molecule has 1 aromatic heterocycles. The van der Waals surface area contributed by atoms with E-state index in [2.05, 4.69) is 35.9 Å². The average Bonchev–Trinajstić information content (AvgIpc) is 2.83. The number of aromatic nitrogens is 2. The van der Waals surface area contributed by atoms with Crippen LogP contribution in [0.2, 0.25) is 0 Å². The second-order valence-corrected chi connectivity index (χ2v) is 10.2. The summed E-state index contributed by atoms with van der Waals surface area (Å²) < 4.78 is 80.5. The van der Waals surface area contributed by atoms with E-state index in [1.807, 2.05) is 0 Å². The van der Waals surface area contributed by atoms with E-state index in [0.717, 1.165) is 6.07 Å². The first kappa shape index (κ1) is 24.1. The van der Waals surface area contributed by atoms with Gasteiger partial charge in [-0.2, -0.15) is 13.2 Å². The van der Waals surface area contributed by atoms with E-state index in [-0.39, 0.29) is 16.1 Å². The topological polar surface area (TPSA) is 102 Å². The maximum atomic E-state index is 13.6. The highest BCUT2D eigenvalue weighted by Gasteiger charge is 2.38. The van der Waals surface area contributed by atoms with Gasteiger partial charge in [0.2, 0.25) is 0 Å². The molecule has 0 radical (unpaired) electrons. The van der Waals surface area contributed by atoms with Crippen LogP contribution < -0.4 is 19.5 Å². The number of sulfonamides is 1. The van der Waals surface area contributed by atoms with Crippen molar-refractivity contribution in [3.8, 4) is 11.5 Å². The quantitative estimate of drug-likeness (QED) is 0.311. The summed E-state index contributed by atoms with van der Waals surface area (Å²) in [5, 5.41) is 2.98. The van der Waals surface area contributed by atoms with Gasteiger partial charge < -0.3 is 14.8 Å². The van der Waals surface area contributed by atoms with Crippen molar-refractivity contribution in [1.29, 1.82) is 0 Å². The largest absolute Gasteiger partial charge is 0.486 e. The van der Waals surface area contributed by atoms with Gasteiger partial charge >= 0.3 is 6.18 Å². The molecule has 2 heterocycles. The highest BCUT2D eigenvalue weighted by molar-refractivity contribution is 9.10. The molecule has 0 atom stereocenters. The lowest BCUT2D eigenvalue weighted by molar-refractivity contribution is -0.139. The first-order valence-electron chi connectivity index (χ1n) is 10.4. The van der Waals surface area contributed by atoms with Crippen molar-refractivity contribution in [2.75, 3.05) is 23.3 Å². The Kier molecular flexibility index (Phi) is 6.12. The molecule has 5 rings (SSSR count). The highest BCUT2D eigenvalue weighted by atomic mass is 79.9. The van der Waals surface area contributed by atoms with Crippen molar-refractivity contribution in [1.82, 2.24) is 9.97 Å². The monoisotopic (exact) mass is 580 g/mol. The Bertz CT molecular complexity index is 1580. The van der Waals surface area contributed by atoms with E-state index in [1.165, 1.54) is 6.07 Å². The fourth-order valence-corrected chi connectivity index (χ4v) is 5.14. The molecule has 3 aromatic carbocycles. The van der Waals surface area contributed by atoms with Gasteiger partial charge in [-0.3, -0.25) is 4.72 Å². The van der Waals surface area contributed by atoms with Crippen LogP contribution in [0.25, 0.3) is 11.0 Å². The molecular formula is C23H16BrF3N4O4S. The average molecular weight is 581 g/mol. The van der Waals surface area contributed by atoms with Crippen LogP contribution in [0.4, 0.5) is 30.5 Å². The lowest BCUT2D eigenvalue weighted by atomic mass is 10.2. The summed E-state index contributed by atoms with van der Waals surface area (Å²) in [5.41, 5.74) is -0.0572. The van der Waals surface area contributed by atoms with Gasteiger partial charge in [-0.05, 0) is 42.5 Å². The molecule has 186 valence electrons. The Hall–Kier alpha value is -3.58. The Morgan fingerprint density at radius 3 is 2.22 bits per heavy atom. The predicted molar refractivity (Wildman–Crippen MR) is 130 cm³/mol. The van der Waals surface area contributed by atoms with Crippen molar-refractivity contribution >= 4 is 54.3 Å². The molecule has 1 aliphatic rings. The number of hydrogen-bond donors (Lipinski definition) is 2. The minimum absolute atomic E-state index is 0.0142. The Balaban J connectivity index is 1.58. The molecule has 8 nitrogen and oxygen atoms in total. The zero-order chi connectivity index (χ0) is 25.5. The number of ether oxygens (including phenoxy) is 2. The van der Waals surface area contributed by atoms with E-state index in [1.54, 1.807) is 42.5 Å². The zero-order valence-electron chi connectivity index (χ0n) is 18.1. The first-order valence-corrected chi connectivity index (χ1v) is 12.7. The fraction of sp³-hybridized carbons (Fsp3) is 0.130. The number of nitrogens with zero attached hydrogens (tertiary/aromatic N) is 2. The minimum Gasteiger partial charge on any atom is -0.486 e. The molecular weight excluding hydrogens is 565 g/mol. The van der Waals surface area contributed by atoms with Gasteiger partial charge in [0.1, 0.15) is 13.2 Å². The zero-order valence-corrected chi connectivity index (χ0v) is 20.5. The molecule has 0 saturated heterocycles. The number of halogens is 4. The SMILES string of the molecule is O=S(=O)(Nc1nc2ccccc2nc1Nc1ccc2c(c1)OCCO2)c1ccc(Br)cc1C(F)(F)F. The summed E-state index contributed by atoms with van der Waals surface area (Å²) in [4.78, 5) is 7.81. The molecule has 4 aromatic rings. The molecule has 0 amide bonds. The third-order valence-electron chi connectivity index (χ3n) is 5.14. The molecule has 2 N–H and O–H groups in total. The molecule has 0 aliphatic carbocycles. The lowest BCUT2D eigenvalue weighted by Crippen LogP contribution is -2.20. The molecule has 0 unspecified atom stereocenters. The van der Waals surface area contributed by atoms with Gasteiger partial charge in [-0.1, -0.05) is 28.1 Å². The lowest BCUT2D eigenvalue weighted by Gasteiger charge is -2.20. The third kappa shape index (κ3) is 4.88. The van der Waals surface area contributed by atoms with E-state index in [0.29, 0.717) is 47.5 Å². The predicted octanol–water partition coefficient (Wildman–Crippen LogP) is 5.73. The Labute approximate surface area is 211 Å². The summed E-state index contributed by atoms with van der Waals surface area (Å²) in [6.45, 7) is 0.782. The number of nitrogens with one attached hydrogen (secondary N) is 2. The number of hydrogen-bond acceptors (Lipinski definition) is 7. The van der Waals surface area contributed by atoms with Gasteiger partial charge in [0.25, 0.3) is 10.0 Å². The van der Waals surface area contributed by atoms with Crippen molar-refractivity contribution in [3.63, 3.8) is 0 Å². The smallest absolute Gasteiger partial charge is 0.417 e. The van der Waals surface area contributed by atoms with Gasteiger partial charge in [-0.25, -0.2) is 18.4 Å². The molecule has 0 saturated carbocycles. The fourth-order valence-electron chi connectivity index (χ4n) is 3.56. The van der Waals surface area contributed by atoms with Crippen molar-refractivity contribution in [2.45, 2.75) is 11.1 Å². The number of fused-ring (bicyclic) bond motifs is 2. The van der Waals surface area contributed by atoms with Gasteiger partial charge in [-0.15, -0.1) is 0 Å². The number of para-hydroxylation sites is 2. The van der Waals surface area contributed by atoms with Crippen LogP contribution in [-0.2, 0) is 16.2 Å². The molecule has 13 heteroatoms. The third-order valence-corrected chi connectivity index (χ3v) is 7.03. The van der Waals surface area contributed by atoms with Gasteiger partial charge in [0, 0.05) is 16.2 Å². The number of benzene rings is 3. The summed E-state index contributed by atoms with van der Waals surface area (Å²) in [6.07, 6.45) is -4.91. The summed E-state index contributed by atoms with van der Waals surface area (Å²) in [6, 6.07) is 14.5. The normalized spacial score (nSPS) is 13.4. The second kappa shape index (κ2) is 9.13. The summed E-state index contributed by atoms with van der Waals surface area (Å²) in [5.74, 6) is 0.735. The molecule has 0 spiro atoms. The Morgan fingerprint density at radius 1 is 0.861 bits per heavy atom. The standard InChI is InChI=1S/C23H16BrF3N4O4S/c24-13-5-8-20(15(11-13)23(25,26)27)36(32,33)31-22-21(29-16-3-1-2-4-17(16)30-22)28-14-6-7-18-19(12-14)35-10-9-34-18/h1-8,11-12H,9-10H2,(H,28,29)(H,30,31). The first-order chi connectivity index (χ1) is 17.1. The van der Waals surface area contributed by atoms with Crippen molar-refractivity contribution in [3.05, 3.63) is 70.7 Å². The van der Waals surface area contributed by atoms with E-state index in [4.69, 9.17) is 9.47 Å². The Morgan fingerprint density at radius 2 is 1.53 bits per heavy atom. The van der Waals surface area contributed by atoms with Crippen molar-refractivity contribution in [2.24, 2.45) is 0 Å². The van der Waals surface area contributed by atoms with Gasteiger partial charge in [0.05, 0.1) is 21.5 Å². The van der Waals surface area contributed by atoms with Crippen LogP contribution in [-0.4, -0.2) is 31.6 Å². The second-order valence-electron chi connectivity index (χ2n) is 7.64. The van der Waals surface area contributed by atoms with E-state index >= 15 is 0 Å². The van der Waals surface area contributed by atoms with Crippen molar-refractivity contribution < 1.29 is 31.1 Å². The van der Waals surface area contributed by atoms with E-state index in [9.17, 15) is 21.6 Å². The van der Waals surface area contributed by atoms with Crippen LogP contribution in [0.15, 0.2) is 70.0 Å². The van der Waals surface area contributed by atoms with Gasteiger partial charge in [0.15, 0.2) is 23.1 Å². The minimum atomic E-state index is -4.91. The van der Waals surface area contributed by atoms with Crippen LogP contribution in [0.3, 0.4) is 0 Å². The molecule has 1 aliphatic heterocycles. The van der Waals surface area contributed by atoms with Crippen LogP contribution >= 0.6 is 15.9 Å². The van der Waals surface area contributed by atoms with Crippen LogP contribution in [0.1, 0.15) is 5.56 Å². The maximum Gasteiger partial charge on any atom is 0.417 e. The number of anilines is 3. The molecule has 0 bridgehead atoms. The number of alkyl halides is 3. The maximum absolute atomic E-state index is 13.6. The van der Waals surface area contributed by atoms with Crippen LogP contribution in [0, 0.1) is 0 Å². The summed E-state index contributed by atoms with van der Waals surface area (Å²) >= 11 is 2.96. The molecule has 36 heavy (non-hydrogen) atoms. The summed E-state index contributed by atoms with van der Waals surface area (Å²) in [7, 11) is -4.72.